The lowest BCUT2D eigenvalue weighted by Gasteiger charge is -2.08. The number of rotatable bonds is 5. The molecule has 0 radical (unpaired) electrons. The van der Waals surface area contributed by atoms with Crippen molar-refractivity contribution in [2.75, 3.05) is 6.54 Å². The van der Waals surface area contributed by atoms with Crippen LogP contribution in [0.3, 0.4) is 0 Å². The Labute approximate surface area is 145 Å². The van der Waals surface area contributed by atoms with E-state index in [4.69, 9.17) is 4.74 Å². The Balaban J connectivity index is 1.55. The number of para-hydroxylation sites is 1. The number of carbonyl (C=O) groups excluding carboxylic acids is 1. The van der Waals surface area contributed by atoms with Gasteiger partial charge in [-0.2, -0.15) is 0 Å². The highest BCUT2D eigenvalue weighted by Gasteiger charge is 2.06. The lowest BCUT2D eigenvalue weighted by molar-refractivity contribution is 0.140. The van der Waals surface area contributed by atoms with E-state index in [9.17, 15) is 9.59 Å². The van der Waals surface area contributed by atoms with Crippen molar-refractivity contribution in [2.24, 2.45) is 0 Å². The van der Waals surface area contributed by atoms with Crippen LogP contribution in [-0.2, 0) is 17.8 Å². The molecule has 1 aromatic heterocycles. The number of fused-ring (bicyclic) bond motifs is 1. The monoisotopic (exact) mass is 336 g/mol. The summed E-state index contributed by atoms with van der Waals surface area (Å²) in [6.07, 6.45) is -0.0449. The number of amides is 1. The number of carbonyl (C=O) groups is 1. The molecule has 0 spiro atoms. The molecule has 2 aromatic carbocycles. The number of aryl methyl sites for hydroxylation is 1. The summed E-state index contributed by atoms with van der Waals surface area (Å²) in [5.41, 5.74) is 3.33. The Morgan fingerprint density at radius 3 is 2.72 bits per heavy atom. The maximum Gasteiger partial charge on any atom is 0.407 e. The van der Waals surface area contributed by atoms with E-state index in [1.807, 2.05) is 61.5 Å². The Kier molecular flexibility index (Phi) is 5.14. The number of aromatic nitrogens is 1. The number of alkyl carbamates (subject to hydrolysis) is 1. The van der Waals surface area contributed by atoms with E-state index in [2.05, 4.69) is 10.3 Å². The van der Waals surface area contributed by atoms with Gasteiger partial charge in [0.25, 0.3) is 5.56 Å². The Morgan fingerprint density at radius 1 is 1.12 bits per heavy atom. The zero-order valence-corrected chi connectivity index (χ0v) is 14.0. The lowest BCUT2D eigenvalue weighted by Crippen LogP contribution is -2.28. The standard InChI is InChI=1S/C20H20N2O3/c1-14-6-5-9-16-12-17(19(23)22-18(14)16)10-11-21-20(24)25-13-15-7-3-2-4-8-15/h2-9,12H,10-11,13H2,1H3,(H,21,24)(H,22,23). The van der Waals surface area contributed by atoms with Crippen LogP contribution in [0.25, 0.3) is 10.9 Å². The first-order valence-corrected chi connectivity index (χ1v) is 8.19. The second-order valence-electron chi connectivity index (χ2n) is 5.90. The number of benzene rings is 2. The molecule has 3 aromatic rings. The zero-order chi connectivity index (χ0) is 17.6. The van der Waals surface area contributed by atoms with Gasteiger partial charge in [0.15, 0.2) is 0 Å². The van der Waals surface area contributed by atoms with Crippen molar-refractivity contribution in [3.8, 4) is 0 Å². The minimum Gasteiger partial charge on any atom is -0.445 e. The van der Waals surface area contributed by atoms with E-state index in [0.29, 0.717) is 18.5 Å². The minimum absolute atomic E-state index is 0.124. The van der Waals surface area contributed by atoms with Gasteiger partial charge in [-0.3, -0.25) is 4.79 Å². The van der Waals surface area contributed by atoms with Crippen LogP contribution in [0.2, 0.25) is 0 Å². The van der Waals surface area contributed by atoms with Gasteiger partial charge in [-0.15, -0.1) is 0 Å². The van der Waals surface area contributed by atoms with Crippen LogP contribution >= 0.6 is 0 Å². The third-order valence-electron chi connectivity index (χ3n) is 4.04. The van der Waals surface area contributed by atoms with Crippen molar-refractivity contribution in [3.63, 3.8) is 0 Å². The molecule has 0 atom stereocenters. The van der Waals surface area contributed by atoms with Gasteiger partial charge in [-0.05, 0) is 35.9 Å². The average molecular weight is 336 g/mol. The van der Waals surface area contributed by atoms with Gasteiger partial charge in [0, 0.05) is 12.1 Å². The summed E-state index contributed by atoms with van der Waals surface area (Å²) < 4.78 is 5.15. The van der Waals surface area contributed by atoms with Gasteiger partial charge in [-0.25, -0.2) is 4.79 Å². The fourth-order valence-corrected chi connectivity index (χ4v) is 2.69. The summed E-state index contributed by atoms with van der Waals surface area (Å²) in [6, 6.07) is 17.2. The molecular weight excluding hydrogens is 316 g/mol. The van der Waals surface area contributed by atoms with Gasteiger partial charge in [-0.1, -0.05) is 48.5 Å². The third-order valence-corrected chi connectivity index (χ3v) is 4.04. The van der Waals surface area contributed by atoms with Gasteiger partial charge in [0.2, 0.25) is 0 Å². The molecule has 1 heterocycles. The van der Waals surface area contributed by atoms with Crippen LogP contribution in [-0.4, -0.2) is 17.6 Å². The van der Waals surface area contributed by atoms with Gasteiger partial charge in [0.05, 0.1) is 5.52 Å². The molecule has 0 saturated heterocycles. The van der Waals surface area contributed by atoms with Crippen molar-refractivity contribution in [1.82, 2.24) is 10.3 Å². The molecule has 0 aliphatic heterocycles. The maximum atomic E-state index is 12.2. The van der Waals surface area contributed by atoms with Crippen molar-refractivity contribution in [3.05, 3.63) is 81.6 Å². The van der Waals surface area contributed by atoms with Crippen molar-refractivity contribution < 1.29 is 9.53 Å². The fourth-order valence-electron chi connectivity index (χ4n) is 2.69. The Hall–Kier alpha value is -3.08. The van der Waals surface area contributed by atoms with E-state index in [1.165, 1.54) is 0 Å². The topological polar surface area (TPSA) is 71.2 Å². The van der Waals surface area contributed by atoms with Crippen molar-refractivity contribution in [1.29, 1.82) is 0 Å². The predicted molar refractivity (Wildman–Crippen MR) is 97.6 cm³/mol. The number of ether oxygens (including phenoxy) is 1. The second kappa shape index (κ2) is 7.66. The molecule has 5 nitrogen and oxygen atoms in total. The van der Waals surface area contributed by atoms with Crippen LogP contribution in [0.15, 0.2) is 59.4 Å². The fraction of sp³-hybridized carbons (Fsp3) is 0.200. The highest BCUT2D eigenvalue weighted by atomic mass is 16.5. The highest BCUT2D eigenvalue weighted by molar-refractivity contribution is 5.81. The van der Waals surface area contributed by atoms with E-state index in [0.717, 1.165) is 22.0 Å². The van der Waals surface area contributed by atoms with E-state index in [1.54, 1.807) is 0 Å². The number of hydrogen-bond donors (Lipinski definition) is 2. The number of H-pyrrole nitrogens is 1. The zero-order valence-electron chi connectivity index (χ0n) is 14.0. The van der Waals surface area contributed by atoms with E-state index < -0.39 is 6.09 Å². The summed E-state index contributed by atoms with van der Waals surface area (Å²) in [6.45, 7) is 2.53. The molecule has 5 heteroatoms. The molecule has 0 fully saturated rings. The molecule has 0 saturated carbocycles. The Morgan fingerprint density at radius 2 is 1.92 bits per heavy atom. The third kappa shape index (κ3) is 4.26. The van der Waals surface area contributed by atoms with E-state index in [-0.39, 0.29) is 12.2 Å². The van der Waals surface area contributed by atoms with Crippen LogP contribution in [0.5, 0.6) is 0 Å². The normalized spacial score (nSPS) is 10.6. The number of nitrogens with one attached hydrogen (secondary N) is 2. The van der Waals surface area contributed by atoms with Crippen LogP contribution in [0.4, 0.5) is 4.79 Å². The summed E-state index contributed by atoms with van der Waals surface area (Å²) in [5, 5.41) is 3.66. The molecule has 3 rings (SSSR count). The predicted octanol–water partition coefficient (Wildman–Crippen LogP) is 3.31. The largest absolute Gasteiger partial charge is 0.445 e. The molecule has 0 aliphatic carbocycles. The first-order valence-electron chi connectivity index (χ1n) is 8.19. The Bertz CT molecular complexity index is 933. The summed E-state index contributed by atoms with van der Waals surface area (Å²) in [5.74, 6) is 0. The van der Waals surface area contributed by atoms with Crippen LogP contribution in [0.1, 0.15) is 16.7 Å². The molecule has 0 aliphatic rings. The van der Waals surface area contributed by atoms with Crippen molar-refractivity contribution in [2.45, 2.75) is 20.0 Å². The van der Waals surface area contributed by atoms with Gasteiger partial charge in [0.1, 0.15) is 6.61 Å². The van der Waals surface area contributed by atoms with E-state index >= 15 is 0 Å². The quantitative estimate of drug-likeness (QED) is 0.751. The average Bonchev–Trinajstić information content (AvgIpc) is 2.62. The smallest absolute Gasteiger partial charge is 0.407 e. The molecule has 2 N–H and O–H groups in total. The van der Waals surface area contributed by atoms with Crippen LogP contribution < -0.4 is 10.9 Å². The second-order valence-corrected chi connectivity index (χ2v) is 5.90. The first-order chi connectivity index (χ1) is 12.1. The van der Waals surface area contributed by atoms with Crippen molar-refractivity contribution >= 4 is 17.0 Å². The summed E-state index contributed by atoms with van der Waals surface area (Å²) in [4.78, 5) is 26.8. The summed E-state index contributed by atoms with van der Waals surface area (Å²) in [7, 11) is 0. The molecular formula is C20H20N2O3. The lowest BCUT2D eigenvalue weighted by atomic mass is 10.1. The molecule has 0 bridgehead atoms. The van der Waals surface area contributed by atoms with Crippen LogP contribution in [0, 0.1) is 6.92 Å². The van der Waals surface area contributed by atoms with Gasteiger partial charge >= 0.3 is 6.09 Å². The molecule has 0 unspecified atom stereocenters. The SMILES string of the molecule is Cc1cccc2cc(CCNC(=O)OCc3ccccc3)c(=O)[nH]c12. The maximum absolute atomic E-state index is 12.2. The number of pyridine rings is 1. The van der Waals surface area contributed by atoms with Gasteiger partial charge < -0.3 is 15.0 Å². The molecule has 25 heavy (non-hydrogen) atoms. The minimum atomic E-state index is -0.489. The number of hydrogen-bond acceptors (Lipinski definition) is 3. The highest BCUT2D eigenvalue weighted by Crippen LogP contribution is 2.15. The summed E-state index contributed by atoms with van der Waals surface area (Å²) >= 11 is 0. The number of aromatic amines is 1. The molecule has 1 amide bonds. The molecule has 128 valence electrons. The first kappa shape index (κ1) is 16.8.